The molecule has 3 rings (SSSR count). The summed E-state index contributed by atoms with van der Waals surface area (Å²) in [6.07, 6.45) is 5.04. The predicted octanol–water partition coefficient (Wildman–Crippen LogP) is 1.72. The Bertz CT molecular complexity index is 660. The largest absolute Gasteiger partial charge is 0.343 e. The van der Waals surface area contributed by atoms with Crippen molar-refractivity contribution in [1.82, 2.24) is 14.9 Å². The molecule has 0 radical (unpaired) electrons. The van der Waals surface area contributed by atoms with Gasteiger partial charge in [0.1, 0.15) is 0 Å². The van der Waals surface area contributed by atoms with E-state index in [9.17, 15) is 8.42 Å². The number of rotatable bonds is 3. The van der Waals surface area contributed by atoms with Crippen LogP contribution >= 0.6 is 0 Å². The van der Waals surface area contributed by atoms with Crippen LogP contribution in [0.4, 0.5) is 0 Å². The van der Waals surface area contributed by atoms with Gasteiger partial charge in [-0.1, -0.05) is 38.0 Å². The molecule has 2 N–H and O–H groups in total. The summed E-state index contributed by atoms with van der Waals surface area (Å²) in [6, 6.07) is 8.88. The number of guanidine groups is 1. The van der Waals surface area contributed by atoms with Crippen LogP contribution in [0.25, 0.3) is 0 Å². The van der Waals surface area contributed by atoms with Crippen LogP contribution in [0.3, 0.4) is 0 Å². The van der Waals surface area contributed by atoms with Crippen molar-refractivity contribution < 1.29 is 8.42 Å². The summed E-state index contributed by atoms with van der Waals surface area (Å²) in [5.74, 6) is 0.997. The smallest absolute Gasteiger partial charge is 0.264 e. The van der Waals surface area contributed by atoms with E-state index in [1.165, 1.54) is 25.7 Å². The van der Waals surface area contributed by atoms with Gasteiger partial charge in [-0.3, -0.25) is 4.90 Å². The first kappa shape index (κ1) is 16.3. The maximum atomic E-state index is 12.3. The molecule has 0 saturated heterocycles. The zero-order chi connectivity index (χ0) is 16.3. The van der Waals surface area contributed by atoms with Gasteiger partial charge >= 0.3 is 0 Å². The summed E-state index contributed by atoms with van der Waals surface area (Å²) < 4.78 is 27.1. The first-order chi connectivity index (χ1) is 11.1. The number of benzene rings is 1. The van der Waals surface area contributed by atoms with Crippen LogP contribution in [-0.2, 0) is 10.0 Å². The molecule has 0 amide bonds. The molecule has 2 atom stereocenters. The lowest BCUT2D eigenvalue weighted by Crippen LogP contribution is -2.54. The van der Waals surface area contributed by atoms with Crippen molar-refractivity contribution in [3.63, 3.8) is 0 Å². The van der Waals surface area contributed by atoms with Gasteiger partial charge in [-0.25, -0.2) is 18.1 Å². The molecular formula is C16H24N4O2S. The topological polar surface area (TPSA) is 73.8 Å². The molecule has 0 unspecified atom stereocenters. The quantitative estimate of drug-likeness (QED) is 0.881. The fourth-order valence-corrected chi connectivity index (χ4v) is 4.38. The van der Waals surface area contributed by atoms with Gasteiger partial charge in [0.2, 0.25) is 5.96 Å². The van der Waals surface area contributed by atoms with Gasteiger partial charge in [0, 0.05) is 6.04 Å². The second kappa shape index (κ2) is 6.88. The maximum Gasteiger partial charge on any atom is 0.264 e. The van der Waals surface area contributed by atoms with Crippen LogP contribution in [0.5, 0.6) is 0 Å². The van der Waals surface area contributed by atoms with Crippen molar-refractivity contribution >= 4 is 16.0 Å². The van der Waals surface area contributed by atoms with Crippen molar-refractivity contribution in [3.8, 4) is 0 Å². The standard InChI is InChI=1S/C16H24N4O2S/c1-13-7-5-6-10-15(13)20-11-17-16(18-12-20)19-23(21,22)14-8-3-2-4-9-14/h2-4,8-9,13,15H,5-7,10-12H2,1H3,(H2,17,18,19)/t13-,15+/m1/s1. The molecule has 1 aromatic carbocycles. The summed E-state index contributed by atoms with van der Waals surface area (Å²) in [7, 11) is -3.57. The van der Waals surface area contributed by atoms with Crippen molar-refractivity contribution in [3.05, 3.63) is 30.3 Å². The molecule has 6 nitrogen and oxygen atoms in total. The Kier molecular flexibility index (Phi) is 4.87. The van der Waals surface area contributed by atoms with Crippen LogP contribution in [0.1, 0.15) is 32.6 Å². The molecular weight excluding hydrogens is 312 g/mol. The van der Waals surface area contributed by atoms with Crippen LogP contribution in [0.2, 0.25) is 0 Å². The van der Waals surface area contributed by atoms with Crippen molar-refractivity contribution in [2.75, 3.05) is 13.3 Å². The van der Waals surface area contributed by atoms with Gasteiger partial charge in [0.25, 0.3) is 10.0 Å². The highest BCUT2D eigenvalue weighted by Gasteiger charge is 2.29. The lowest BCUT2D eigenvalue weighted by atomic mass is 9.85. The highest BCUT2D eigenvalue weighted by Crippen LogP contribution is 2.28. The lowest BCUT2D eigenvalue weighted by molar-refractivity contribution is 0.106. The number of nitrogens with one attached hydrogen (secondary N) is 2. The predicted molar refractivity (Wildman–Crippen MR) is 90.3 cm³/mol. The van der Waals surface area contributed by atoms with Gasteiger partial charge in [-0.15, -0.1) is 0 Å². The summed E-state index contributed by atoms with van der Waals surface area (Å²) in [5, 5.41) is 3.10. The molecule has 0 bridgehead atoms. The molecule has 1 fully saturated rings. The second-order valence-electron chi connectivity index (χ2n) is 6.32. The third-order valence-corrected chi connectivity index (χ3v) is 6.03. The number of hydrogen-bond acceptors (Lipinski definition) is 5. The fourth-order valence-electron chi connectivity index (χ4n) is 3.36. The first-order valence-electron chi connectivity index (χ1n) is 8.16. The summed E-state index contributed by atoms with van der Waals surface area (Å²) in [4.78, 5) is 6.91. The molecule has 1 saturated carbocycles. The average molecular weight is 336 g/mol. The zero-order valence-corrected chi connectivity index (χ0v) is 14.2. The van der Waals surface area contributed by atoms with E-state index in [2.05, 4.69) is 26.9 Å². The van der Waals surface area contributed by atoms with Crippen LogP contribution in [0, 0.1) is 5.92 Å². The minimum atomic E-state index is -3.57. The van der Waals surface area contributed by atoms with Gasteiger partial charge in [0.05, 0.1) is 18.2 Å². The summed E-state index contributed by atoms with van der Waals surface area (Å²) >= 11 is 0. The fraction of sp³-hybridized carbons (Fsp3) is 0.562. The SMILES string of the molecule is C[C@@H]1CCCC[C@@H]1N1CN=C(NS(=O)(=O)c2ccccc2)NC1. The molecule has 1 aromatic rings. The lowest BCUT2D eigenvalue weighted by Gasteiger charge is -2.39. The number of aliphatic imine (C=N–C) groups is 1. The molecule has 0 aromatic heterocycles. The first-order valence-corrected chi connectivity index (χ1v) is 9.65. The van der Waals surface area contributed by atoms with Gasteiger partial charge in [-0.2, -0.15) is 0 Å². The van der Waals surface area contributed by atoms with Crippen LogP contribution < -0.4 is 10.0 Å². The van der Waals surface area contributed by atoms with Crippen molar-refractivity contribution in [2.24, 2.45) is 10.9 Å². The zero-order valence-electron chi connectivity index (χ0n) is 13.4. The number of hydrogen-bond donors (Lipinski definition) is 2. The number of sulfonamides is 1. The Morgan fingerprint density at radius 3 is 2.61 bits per heavy atom. The van der Waals surface area contributed by atoms with Gasteiger partial charge in [0.15, 0.2) is 0 Å². The Balaban J connectivity index is 1.63. The van der Waals surface area contributed by atoms with Gasteiger partial charge < -0.3 is 5.32 Å². The Labute approximate surface area is 138 Å². The van der Waals surface area contributed by atoms with Gasteiger partial charge in [-0.05, 0) is 30.9 Å². The third-order valence-electron chi connectivity index (χ3n) is 4.68. The molecule has 1 heterocycles. The Morgan fingerprint density at radius 2 is 1.96 bits per heavy atom. The highest BCUT2D eigenvalue weighted by molar-refractivity contribution is 7.90. The van der Waals surface area contributed by atoms with E-state index >= 15 is 0 Å². The van der Waals surface area contributed by atoms with E-state index in [4.69, 9.17) is 0 Å². The van der Waals surface area contributed by atoms with E-state index < -0.39 is 10.0 Å². The second-order valence-corrected chi connectivity index (χ2v) is 8.00. The monoisotopic (exact) mass is 336 g/mol. The van der Waals surface area contributed by atoms with E-state index in [0.717, 1.165) is 0 Å². The third kappa shape index (κ3) is 3.84. The minimum absolute atomic E-state index is 0.243. The van der Waals surface area contributed by atoms with Crippen LogP contribution in [-0.4, -0.2) is 38.7 Å². The molecule has 1 aliphatic carbocycles. The normalized spacial score (nSPS) is 26.2. The van der Waals surface area contributed by atoms with E-state index in [1.54, 1.807) is 30.3 Å². The van der Waals surface area contributed by atoms with Crippen LogP contribution in [0.15, 0.2) is 40.2 Å². The molecule has 0 spiro atoms. The summed E-state index contributed by atoms with van der Waals surface area (Å²) in [6.45, 7) is 3.46. The maximum absolute atomic E-state index is 12.3. The molecule has 126 valence electrons. The average Bonchev–Trinajstić information content (AvgIpc) is 2.57. The Morgan fingerprint density at radius 1 is 1.22 bits per heavy atom. The van der Waals surface area contributed by atoms with Crippen molar-refractivity contribution in [2.45, 2.75) is 43.5 Å². The molecule has 23 heavy (non-hydrogen) atoms. The highest BCUT2D eigenvalue weighted by atomic mass is 32.2. The number of nitrogens with zero attached hydrogens (tertiary/aromatic N) is 2. The summed E-state index contributed by atoms with van der Waals surface area (Å²) in [5.41, 5.74) is 0. The van der Waals surface area contributed by atoms with E-state index in [1.807, 2.05) is 0 Å². The van der Waals surface area contributed by atoms with E-state index in [-0.39, 0.29) is 4.90 Å². The van der Waals surface area contributed by atoms with E-state index in [0.29, 0.717) is 31.3 Å². The molecule has 2 aliphatic rings. The van der Waals surface area contributed by atoms with Crippen molar-refractivity contribution in [1.29, 1.82) is 0 Å². The Hall–Kier alpha value is -1.60. The molecule has 1 aliphatic heterocycles. The minimum Gasteiger partial charge on any atom is -0.343 e. The molecule has 7 heteroatoms.